The van der Waals surface area contributed by atoms with Gasteiger partial charge in [-0.3, -0.25) is 9.88 Å². The average Bonchev–Trinajstić information content (AvgIpc) is 2.55. The molecule has 0 unspecified atom stereocenters. The molecule has 3 rings (SSSR count). The summed E-state index contributed by atoms with van der Waals surface area (Å²) in [6.45, 7) is 3.52. The van der Waals surface area contributed by atoms with Crippen molar-refractivity contribution in [3.63, 3.8) is 0 Å². The number of nitrogens with zero attached hydrogens (tertiary/aromatic N) is 2. The maximum Gasteiger partial charge on any atom is 0.0312 e. The van der Waals surface area contributed by atoms with Crippen LogP contribution in [0, 0.1) is 5.92 Å². The summed E-state index contributed by atoms with van der Waals surface area (Å²) in [7, 11) is 0. The lowest BCUT2D eigenvalue weighted by atomic mass is 9.91. The summed E-state index contributed by atoms with van der Waals surface area (Å²) in [5, 5.41) is 0. The second-order valence-electron chi connectivity index (χ2n) is 6.13. The molecule has 2 heteroatoms. The highest BCUT2D eigenvalue weighted by Crippen LogP contribution is 2.22. The van der Waals surface area contributed by atoms with Crippen LogP contribution in [0.25, 0.3) is 0 Å². The average molecular weight is 280 g/mol. The van der Waals surface area contributed by atoms with E-state index in [-0.39, 0.29) is 0 Å². The fourth-order valence-electron chi connectivity index (χ4n) is 3.30. The van der Waals surface area contributed by atoms with E-state index >= 15 is 0 Å². The van der Waals surface area contributed by atoms with E-state index in [1.54, 1.807) is 0 Å². The van der Waals surface area contributed by atoms with Crippen LogP contribution in [0.4, 0.5) is 0 Å². The number of likely N-dealkylation sites (tertiary alicyclic amines) is 1. The SMILES string of the molecule is c1ccc(CC[C@H]2CCCN(Cc3cccnc3)C2)cc1. The second kappa shape index (κ2) is 7.37. The van der Waals surface area contributed by atoms with E-state index < -0.39 is 0 Å². The van der Waals surface area contributed by atoms with Gasteiger partial charge in [0.15, 0.2) is 0 Å². The van der Waals surface area contributed by atoms with Gasteiger partial charge in [0, 0.05) is 25.5 Å². The lowest BCUT2D eigenvalue weighted by Gasteiger charge is -2.32. The van der Waals surface area contributed by atoms with Crippen LogP contribution in [0.3, 0.4) is 0 Å². The van der Waals surface area contributed by atoms with Gasteiger partial charge >= 0.3 is 0 Å². The molecule has 0 spiro atoms. The molecule has 2 aromatic rings. The summed E-state index contributed by atoms with van der Waals surface area (Å²) < 4.78 is 0. The molecule has 1 aromatic heterocycles. The fraction of sp³-hybridized carbons (Fsp3) is 0.421. The van der Waals surface area contributed by atoms with Crippen molar-refractivity contribution in [2.75, 3.05) is 13.1 Å². The minimum Gasteiger partial charge on any atom is -0.299 e. The molecule has 110 valence electrons. The molecule has 0 bridgehead atoms. The van der Waals surface area contributed by atoms with E-state index in [1.807, 2.05) is 18.5 Å². The van der Waals surface area contributed by atoms with Gasteiger partial charge in [-0.2, -0.15) is 0 Å². The Balaban J connectivity index is 1.49. The molecule has 0 amide bonds. The van der Waals surface area contributed by atoms with E-state index in [9.17, 15) is 0 Å². The lowest BCUT2D eigenvalue weighted by Crippen LogP contribution is -2.35. The number of hydrogen-bond acceptors (Lipinski definition) is 2. The van der Waals surface area contributed by atoms with Crippen molar-refractivity contribution in [2.45, 2.75) is 32.2 Å². The molecule has 0 saturated carbocycles. The first-order valence-electron chi connectivity index (χ1n) is 8.05. The molecule has 21 heavy (non-hydrogen) atoms. The van der Waals surface area contributed by atoms with Gasteiger partial charge in [0.05, 0.1) is 0 Å². The normalized spacial score (nSPS) is 19.5. The molecule has 2 nitrogen and oxygen atoms in total. The van der Waals surface area contributed by atoms with Crippen molar-refractivity contribution in [1.29, 1.82) is 0 Å². The molecule has 1 atom stereocenters. The molecule has 0 radical (unpaired) electrons. The Morgan fingerprint density at radius 3 is 2.71 bits per heavy atom. The fourth-order valence-corrected chi connectivity index (χ4v) is 3.30. The van der Waals surface area contributed by atoms with Crippen LogP contribution in [0.1, 0.15) is 30.4 Å². The number of piperidine rings is 1. The molecule has 0 aliphatic carbocycles. The lowest BCUT2D eigenvalue weighted by molar-refractivity contribution is 0.161. The minimum absolute atomic E-state index is 0.843. The van der Waals surface area contributed by atoms with Crippen molar-refractivity contribution in [1.82, 2.24) is 9.88 Å². The van der Waals surface area contributed by atoms with Gasteiger partial charge in [0.1, 0.15) is 0 Å². The van der Waals surface area contributed by atoms with Crippen LogP contribution in [-0.2, 0) is 13.0 Å². The quantitative estimate of drug-likeness (QED) is 0.825. The largest absolute Gasteiger partial charge is 0.299 e. The van der Waals surface area contributed by atoms with Gasteiger partial charge in [-0.1, -0.05) is 36.4 Å². The summed E-state index contributed by atoms with van der Waals surface area (Å²) in [5.41, 5.74) is 2.81. The predicted molar refractivity (Wildman–Crippen MR) is 87.0 cm³/mol. The van der Waals surface area contributed by atoms with E-state index in [2.05, 4.69) is 46.3 Å². The van der Waals surface area contributed by atoms with Crippen LogP contribution >= 0.6 is 0 Å². The Morgan fingerprint density at radius 2 is 1.90 bits per heavy atom. The van der Waals surface area contributed by atoms with Gasteiger partial charge in [0.25, 0.3) is 0 Å². The third kappa shape index (κ3) is 4.40. The first kappa shape index (κ1) is 14.3. The van der Waals surface area contributed by atoms with Crippen molar-refractivity contribution in [3.8, 4) is 0 Å². The van der Waals surface area contributed by atoms with E-state index in [4.69, 9.17) is 0 Å². The zero-order valence-corrected chi connectivity index (χ0v) is 12.6. The highest BCUT2D eigenvalue weighted by molar-refractivity contribution is 5.14. The monoisotopic (exact) mass is 280 g/mol. The van der Waals surface area contributed by atoms with E-state index in [1.165, 1.54) is 49.9 Å². The summed E-state index contributed by atoms with van der Waals surface area (Å²) in [6, 6.07) is 15.1. The van der Waals surface area contributed by atoms with Crippen molar-refractivity contribution >= 4 is 0 Å². The minimum atomic E-state index is 0.843. The van der Waals surface area contributed by atoms with Gasteiger partial charge < -0.3 is 0 Å². The van der Waals surface area contributed by atoms with E-state index in [0.29, 0.717) is 0 Å². The Hall–Kier alpha value is -1.67. The molecular weight excluding hydrogens is 256 g/mol. The topological polar surface area (TPSA) is 16.1 Å². The van der Waals surface area contributed by atoms with Crippen molar-refractivity contribution in [2.24, 2.45) is 5.92 Å². The van der Waals surface area contributed by atoms with Crippen LogP contribution in [-0.4, -0.2) is 23.0 Å². The molecule has 1 fully saturated rings. The second-order valence-corrected chi connectivity index (χ2v) is 6.13. The van der Waals surface area contributed by atoms with Crippen LogP contribution in [0.15, 0.2) is 54.9 Å². The summed E-state index contributed by atoms with van der Waals surface area (Å²) in [6.07, 6.45) is 9.09. The number of aromatic nitrogens is 1. The number of pyridine rings is 1. The molecule has 1 aromatic carbocycles. The Labute approximate surface area is 127 Å². The highest BCUT2D eigenvalue weighted by atomic mass is 15.1. The standard InChI is InChI=1S/C19H24N2/c1-2-6-17(7-3-1)10-11-18-9-5-13-21(15-18)16-19-8-4-12-20-14-19/h1-4,6-8,12,14,18H,5,9-11,13,15-16H2/t18-/m1/s1. The number of rotatable bonds is 5. The first-order chi connectivity index (χ1) is 10.4. The molecular formula is C19H24N2. The maximum absolute atomic E-state index is 4.22. The molecule has 1 aliphatic rings. The third-order valence-corrected chi connectivity index (χ3v) is 4.42. The van der Waals surface area contributed by atoms with Gasteiger partial charge in [0.2, 0.25) is 0 Å². The summed E-state index contributed by atoms with van der Waals surface area (Å²) >= 11 is 0. The van der Waals surface area contributed by atoms with E-state index in [0.717, 1.165) is 12.5 Å². The molecule has 1 aliphatic heterocycles. The maximum atomic E-state index is 4.22. The zero-order valence-electron chi connectivity index (χ0n) is 12.6. The molecule has 2 heterocycles. The van der Waals surface area contributed by atoms with Crippen LogP contribution < -0.4 is 0 Å². The molecule has 0 N–H and O–H groups in total. The Bertz CT molecular complexity index is 524. The summed E-state index contributed by atoms with van der Waals surface area (Å²) in [5.74, 6) is 0.843. The summed E-state index contributed by atoms with van der Waals surface area (Å²) in [4.78, 5) is 6.81. The van der Waals surface area contributed by atoms with Crippen molar-refractivity contribution in [3.05, 3.63) is 66.0 Å². The Morgan fingerprint density at radius 1 is 1.05 bits per heavy atom. The van der Waals surface area contributed by atoms with Gasteiger partial charge in [-0.05, 0) is 55.3 Å². The first-order valence-corrected chi connectivity index (χ1v) is 8.05. The van der Waals surface area contributed by atoms with Crippen LogP contribution in [0.5, 0.6) is 0 Å². The number of aryl methyl sites for hydroxylation is 1. The highest BCUT2D eigenvalue weighted by Gasteiger charge is 2.19. The number of benzene rings is 1. The molecule has 1 saturated heterocycles. The Kier molecular flexibility index (Phi) is 5.01. The third-order valence-electron chi connectivity index (χ3n) is 4.42. The van der Waals surface area contributed by atoms with Gasteiger partial charge in [-0.25, -0.2) is 0 Å². The predicted octanol–water partition coefficient (Wildman–Crippen LogP) is 3.93. The number of hydrogen-bond donors (Lipinski definition) is 0. The smallest absolute Gasteiger partial charge is 0.0312 e. The zero-order chi connectivity index (χ0) is 14.3. The van der Waals surface area contributed by atoms with Crippen LogP contribution in [0.2, 0.25) is 0 Å². The van der Waals surface area contributed by atoms with Crippen molar-refractivity contribution < 1.29 is 0 Å². The van der Waals surface area contributed by atoms with Gasteiger partial charge in [-0.15, -0.1) is 0 Å².